The molecule has 3 aromatic rings. The van der Waals surface area contributed by atoms with Crippen LogP contribution in [0, 0.1) is 17.0 Å². The number of pyridine rings is 1. The van der Waals surface area contributed by atoms with Gasteiger partial charge >= 0.3 is 0 Å². The van der Waals surface area contributed by atoms with E-state index in [1.807, 2.05) is 0 Å². The first-order valence-electron chi connectivity index (χ1n) is 7.45. The van der Waals surface area contributed by atoms with Gasteiger partial charge in [-0.2, -0.15) is 0 Å². The summed E-state index contributed by atoms with van der Waals surface area (Å²) in [6, 6.07) is 9.82. The molecule has 1 aromatic carbocycles. The van der Waals surface area contributed by atoms with E-state index < -0.39 is 4.92 Å². The maximum atomic E-state index is 12.0. The van der Waals surface area contributed by atoms with Crippen molar-refractivity contribution >= 4 is 29.0 Å². The molecule has 0 aliphatic rings. The third-order valence-corrected chi connectivity index (χ3v) is 4.13. The smallest absolute Gasteiger partial charge is 0.277 e. The van der Waals surface area contributed by atoms with E-state index in [1.54, 1.807) is 43.5 Å². The van der Waals surface area contributed by atoms with Crippen molar-refractivity contribution in [1.82, 2.24) is 15.2 Å². The summed E-state index contributed by atoms with van der Waals surface area (Å²) in [6.07, 6.45) is 1.61. The van der Waals surface area contributed by atoms with E-state index >= 15 is 0 Å². The number of aryl methyl sites for hydroxylation is 1. The average molecular weight is 371 g/mol. The summed E-state index contributed by atoms with van der Waals surface area (Å²) < 4.78 is 5.45. The number of thioether (sulfide) groups is 1. The number of anilines is 1. The van der Waals surface area contributed by atoms with Gasteiger partial charge < -0.3 is 9.73 Å². The van der Waals surface area contributed by atoms with Crippen LogP contribution in [0.15, 0.2) is 52.2 Å². The summed E-state index contributed by atoms with van der Waals surface area (Å²) >= 11 is 1.06. The molecule has 3 rings (SSSR count). The van der Waals surface area contributed by atoms with E-state index in [9.17, 15) is 14.9 Å². The SMILES string of the molecule is Cc1ccc(NC(=O)CSc2nnc(-c3ccccn3)o2)cc1[N+](=O)[O-]. The van der Waals surface area contributed by atoms with Crippen LogP contribution in [0.5, 0.6) is 0 Å². The topological polar surface area (TPSA) is 124 Å². The first-order chi connectivity index (χ1) is 12.5. The summed E-state index contributed by atoms with van der Waals surface area (Å²) in [5.74, 6) is -0.0562. The Balaban J connectivity index is 1.59. The number of nitro groups is 1. The van der Waals surface area contributed by atoms with Crippen LogP contribution in [0.1, 0.15) is 5.56 Å². The zero-order chi connectivity index (χ0) is 18.5. The normalized spacial score (nSPS) is 10.5. The van der Waals surface area contributed by atoms with Crippen molar-refractivity contribution in [3.8, 4) is 11.6 Å². The lowest BCUT2D eigenvalue weighted by atomic mass is 10.2. The molecule has 2 heterocycles. The monoisotopic (exact) mass is 371 g/mol. The fraction of sp³-hybridized carbons (Fsp3) is 0.125. The second-order valence-electron chi connectivity index (χ2n) is 5.18. The van der Waals surface area contributed by atoms with Gasteiger partial charge in [0.2, 0.25) is 5.91 Å². The fourth-order valence-corrected chi connectivity index (χ4v) is 2.63. The van der Waals surface area contributed by atoms with Crippen LogP contribution in [-0.2, 0) is 4.79 Å². The first-order valence-corrected chi connectivity index (χ1v) is 8.44. The number of nitrogens with zero attached hydrogens (tertiary/aromatic N) is 4. The Labute approximate surface area is 152 Å². The van der Waals surface area contributed by atoms with Gasteiger partial charge in [0.1, 0.15) is 5.69 Å². The van der Waals surface area contributed by atoms with E-state index in [2.05, 4.69) is 20.5 Å². The molecule has 0 bridgehead atoms. The van der Waals surface area contributed by atoms with Gasteiger partial charge in [-0.05, 0) is 25.1 Å². The highest BCUT2D eigenvalue weighted by Gasteiger charge is 2.14. The Morgan fingerprint density at radius 2 is 2.15 bits per heavy atom. The van der Waals surface area contributed by atoms with Crippen molar-refractivity contribution in [2.75, 3.05) is 11.1 Å². The number of carbonyl (C=O) groups excluding carboxylic acids is 1. The van der Waals surface area contributed by atoms with Crippen molar-refractivity contribution in [2.24, 2.45) is 0 Å². The van der Waals surface area contributed by atoms with Crippen molar-refractivity contribution in [2.45, 2.75) is 12.1 Å². The Morgan fingerprint density at radius 1 is 1.31 bits per heavy atom. The van der Waals surface area contributed by atoms with E-state index in [1.165, 1.54) is 6.07 Å². The van der Waals surface area contributed by atoms with Crippen LogP contribution in [-0.4, -0.2) is 31.8 Å². The van der Waals surface area contributed by atoms with Crippen LogP contribution < -0.4 is 5.32 Å². The molecular formula is C16H13N5O4S. The lowest BCUT2D eigenvalue weighted by Crippen LogP contribution is -2.14. The van der Waals surface area contributed by atoms with Gasteiger partial charge in [0.05, 0.1) is 10.7 Å². The summed E-state index contributed by atoms with van der Waals surface area (Å²) in [5.41, 5.74) is 1.37. The fourth-order valence-electron chi connectivity index (χ4n) is 2.07. The average Bonchev–Trinajstić information content (AvgIpc) is 3.11. The zero-order valence-electron chi connectivity index (χ0n) is 13.6. The van der Waals surface area contributed by atoms with Crippen LogP contribution in [0.25, 0.3) is 11.6 Å². The van der Waals surface area contributed by atoms with E-state index in [0.717, 1.165) is 11.8 Å². The molecule has 1 N–H and O–H groups in total. The highest BCUT2D eigenvalue weighted by Crippen LogP contribution is 2.24. The molecule has 26 heavy (non-hydrogen) atoms. The van der Waals surface area contributed by atoms with Gasteiger partial charge in [-0.15, -0.1) is 10.2 Å². The Hall–Kier alpha value is -3.27. The lowest BCUT2D eigenvalue weighted by molar-refractivity contribution is -0.385. The summed E-state index contributed by atoms with van der Waals surface area (Å²) in [5, 5.41) is 21.5. The lowest BCUT2D eigenvalue weighted by Gasteiger charge is -2.05. The number of rotatable bonds is 6. The molecule has 0 radical (unpaired) electrons. The van der Waals surface area contributed by atoms with Crippen LogP contribution >= 0.6 is 11.8 Å². The second kappa shape index (κ2) is 7.74. The predicted molar refractivity (Wildman–Crippen MR) is 94.7 cm³/mol. The Bertz CT molecular complexity index is 945. The standard InChI is InChI=1S/C16H13N5O4S/c1-10-5-6-11(8-13(10)21(23)24)18-14(22)9-26-16-20-19-15(25-16)12-4-2-3-7-17-12/h2-8H,9H2,1H3,(H,18,22). The van der Waals surface area contributed by atoms with Crippen molar-refractivity contribution in [3.05, 3.63) is 58.3 Å². The maximum Gasteiger partial charge on any atom is 0.277 e. The molecule has 2 aromatic heterocycles. The highest BCUT2D eigenvalue weighted by molar-refractivity contribution is 7.99. The minimum absolute atomic E-state index is 0.0194. The van der Waals surface area contributed by atoms with Crippen LogP contribution in [0.3, 0.4) is 0 Å². The largest absolute Gasteiger partial charge is 0.410 e. The number of hydrogen-bond donors (Lipinski definition) is 1. The van der Waals surface area contributed by atoms with Crippen LogP contribution in [0.2, 0.25) is 0 Å². The molecule has 0 saturated heterocycles. The molecule has 0 fully saturated rings. The van der Waals surface area contributed by atoms with Gasteiger partial charge in [-0.25, -0.2) is 0 Å². The van der Waals surface area contributed by atoms with E-state index in [-0.39, 0.29) is 28.5 Å². The number of hydrogen-bond acceptors (Lipinski definition) is 8. The molecular weight excluding hydrogens is 358 g/mol. The number of nitro benzene ring substituents is 1. The summed E-state index contributed by atoms with van der Waals surface area (Å²) in [7, 11) is 0. The third-order valence-electron chi connectivity index (χ3n) is 3.31. The predicted octanol–water partition coefficient (Wildman–Crippen LogP) is 3.08. The Kier molecular flexibility index (Phi) is 5.23. The molecule has 0 aliphatic heterocycles. The summed E-state index contributed by atoms with van der Waals surface area (Å²) in [6.45, 7) is 1.63. The van der Waals surface area contributed by atoms with Gasteiger partial charge in [0, 0.05) is 23.5 Å². The quantitative estimate of drug-likeness (QED) is 0.398. The van der Waals surface area contributed by atoms with E-state index in [4.69, 9.17) is 4.42 Å². The van der Waals surface area contributed by atoms with Gasteiger partial charge in [0.15, 0.2) is 0 Å². The molecule has 9 nitrogen and oxygen atoms in total. The maximum absolute atomic E-state index is 12.0. The number of nitrogens with one attached hydrogen (secondary N) is 1. The van der Waals surface area contributed by atoms with Crippen molar-refractivity contribution < 1.29 is 14.1 Å². The third kappa shape index (κ3) is 4.22. The highest BCUT2D eigenvalue weighted by atomic mass is 32.2. The van der Waals surface area contributed by atoms with Gasteiger partial charge in [-0.3, -0.25) is 19.9 Å². The molecule has 0 saturated carbocycles. The van der Waals surface area contributed by atoms with Crippen LogP contribution in [0.4, 0.5) is 11.4 Å². The minimum atomic E-state index is -0.489. The molecule has 132 valence electrons. The van der Waals surface area contributed by atoms with E-state index in [0.29, 0.717) is 16.9 Å². The first kappa shape index (κ1) is 17.5. The minimum Gasteiger partial charge on any atom is -0.410 e. The molecule has 0 spiro atoms. The van der Waals surface area contributed by atoms with Gasteiger partial charge in [0.25, 0.3) is 16.8 Å². The number of aromatic nitrogens is 3. The molecule has 10 heteroatoms. The zero-order valence-corrected chi connectivity index (χ0v) is 14.4. The van der Waals surface area contributed by atoms with Crippen molar-refractivity contribution in [1.29, 1.82) is 0 Å². The molecule has 0 atom stereocenters. The second-order valence-corrected chi connectivity index (χ2v) is 6.11. The molecule has 1 amide bonds. The molecule has 0 unspecified atom stereocenters. The number of benzene rings is 1. The Morgan fingerprint density at radius 3 is 2.88 bits per heavy atom. The number of carbonyl (C=O) groups is 1. The number of amides is 1. The van der Waals surface area contributed by atoms with Crippen molar-refractivity contribution in [3.63, 3.8) is 0 Å². The summed E-state index contributed by atoms with van der Waals surface area (Å²) in [4.78, 5) is 26.6. The molecule has 0 aliphatic carbocycles. The van der Waals surface area contributed by atoms with Gasteiger partial charge in [-0.1, -0.05) is 23.9 Å².